The predicted molar refractivity (Wildman–Crippen MR) is 48.7 cm³/mol. The zero-order valence-corrected chi connectivity index (χ0v) is 7.51. The maximum Gasteiger partial charge on any atom is 0.0944 e. The van der Waals surface area contributed by atoms with Crippen LogP contribution in [-0.2, 0) is 0 Å². The van der Waals surface area contributed by atoms with Gasteiger partial charge in [-0.15, -0.1) is 0 Å². The highest BCUT2D eigenvalue weighted by molar-refractivity contribution is 5.82. The van der Waals surface area contributed by atoms with Crippen LogP contribution in [-0.4, -0.2) is 11.9 Å². The summed E-state index contributed by atoms with van der Waals surface area (Å²) in [4.78, 5) is 4.40. The first-order chi connectivity index (χ1) is 5.24. The molecule has 0 aromatic heterocycles. The minimum Gasteiger partial charge on any atom is -0.387 e. The maximum absolute atomic E-state index is 5.64. The summed E-state index contributed by atoms with van der Waals surface area (Å²) in [5.74, 6) is 1.54. The lowest BCUT2D eigenvalue weighted by molar-refractivity contribution is 0.461. The second-order valence-corrected chi connectivity index (χ2v) is 3.51. The largest absolute Gasteiger partial charge is 0.387 e. The van der Waals surface area contributed by atoms with Gasteiger partial charge < -0.3 is 5.73 Å². The van der Waals surface area contributed by atoms with Crippen LogP contribution in [0.2, 0.25) is 0 Å². The number of nitrogens with two attached hydrogens (primary N) is 1. The van der Waals surface area contributed by atoms with Crippen LogP contribution < -0.4 is 5.73 Å². The van der Waals surface area contributed by atoms with Gasteiger partial charge in [0, 0.05) is 6.42 Å². The Morgan fingerprint density at radius 2 is 2.36 bits per heavy atom. The molecule has 2 N–H and O–H groups in total. The van der Waals surface area contributed by atoms with Gasteiger partial charge >= 0.3 is 0 Å². The van der Waals surface area contributed by atoms with E-state index in [-0.39, 0.29) is 0 Å². The molecule has 0 aromatic carbocycles. The average molecular weight is 154 g/mol. The van der Waals surface area contributed by atoms with Crippen molar-refractivity contribution in [2.75, 3.05) is 0 Å². The SMILES string of the molecule is CCCC[C@@H]1N=C(N)C[C@H]1C. The number of hydrogen-bond acceptors (Lipinski definition) is 2. The lowest BCUT2D eigenvalue weighted by Crippen LogP contribution is -2.10. The summed E-state index contributed by atoms with van der Waals surface area (Å²) < 4.78 is 0. The van der Waals surface area contributed by atoms with E-state index in [1.807, 2.05) is 0 Å². The first-order valence-electron chi connectivity index (χ1n) is 4.56. The first-order valence-corrected chi connectivity index (χ1v) is 4.56. The van der Waals surface area contributed by atoms with E-state index in [0.717, 1.165) is 12.3 Å². The monoisotopic (exact) mass is 154 g/mol. The van der Waals surface area contributed by atoms with Gasteiger partial charge in [-0.2, -0.15) is 0 Å². The van der Waals surface area contributed by atoms with Gasteiger partial charge in [-0.05, 0) is 12.3 Å². The Morgan fingerprint density at radius 3 is 2.82 bits per heavy atom. The van der Waals surface area contributed by atoms with Gasteiger partial charge in [-0.25, -0.2) is 0 Å². The Hall–Kier alpha value is -0.530. The minimum atomic E-state index is 0.523. The number of unbranched alkanes of at least 4 members (excludes halogenated alkanes) is 1. The van der Waals surface area contributed by atoms with E-state index in [4.69, 9.17) is 5.73 Å². The van der Waals surface area contributed by atoms with E-state index >= 15 is 0 Å². The molecule has 2 atom stereocenters. The van der Waals surface area contributed by atoms with Crippen molar-refractivity contribution in [1.82, 2.24) is 0 Å². The van der Waals surface area contributed by atoms with Gasteiger partial charge in [0.05, 0.1) is 11.9 Å². The van der Waals surface area contributed by atoms with Crippen LogP contribution in [0.25, 0.3) is 0 Å². The van der Waals surface area contributed by atoms with Gasteiger partial charge in [0.25, 0.3) is 0 Å². The number of nitrogens with zero attached hydrogens (tertiary/aromatic N) is 1. The fourth-order valence-electron chi connectivity index (χ4n) is 1.62. The van der Waals surface area contributed by atoms with E-state index in [1.165, 1.54) is 19.3 Å². The molecule has 11 heavy (non-hydrogen) atoms. The number of amidine groups is 1. The highest BCUT2D eigenvalue weighted by atomic mass is 14.9. The summed E-state index contributed by atoms with van der Waals surface area (Å²) in [7, 11) is 0. The molecule has 1 heterocycles. The topological polar surface area (TPSA) is 38.4 Å². The molecule has 0 saturated heterocycles. The molecular formula is C9H18N2. The summed E-state index contributed by atoms with van der Waals surface area (Å²) >= 11 is 0. The molecule has 0 bridgehead atoms. The number of hydrogen-bond donors (Lipinski definition) is 1. The Morgan fingerprint density at radius 1 is 1.64 bits per heavy atom. The van der Waals surface area contributed by atoms with Crippen LogP contribution in [0.1, 0.15) is 39.5 Å². The van der Waals surface area contributed by atoms with E-state index in [1.54, 1.807) is 0 Å². The van der Waals surface area contributed by atoms with Gasteiger partial charge in [0.15, 0.2) is 0 Å². The highest BCUT2D eigenvalue weighted by Crippen LogP contribution is 2.23. The van der Waals surface area contributed by atoms with Crippen LogP contribution in [0, 0.1) is 5.92 Å². The molecular weight excluding hydrogens is 136 g/mol. The fraction of sp³-hybridized carbons (Fsp3) is 0.889. The van der Waals surface area contributed by atoms with Crippen molar-refractivity contribution < 1.29 is 0 Å². The quantitative estimate of drug-likeness (QED) is 0.663. The maximum atomic E-state index is 5.64. The molecule has 0 spiro atoms. The van der Waals surface area contributed by atoms with Crippen LogP contribution in [0.15, 0.2) is 4.99 Å². The molecule has 1 aliphatic rings. The fourth-order valence-corrected chi connectivity index (χ4v) is 1.62. The van der Waals surface area contributed by atoms with Crippen LogP contribution in [0.4, 0.5) is 0 Å². The first kappa shape index (κ1) is 8.57. The average Bonchev–Trinajstić information content (AvgIpc) is 2.26. The minimum absolute atomic E-state index is 0.523. The zero-order valence-electron chi connectivity index (χ0n) is 7.51. The summed E-state index contributed by atoms with van der Waals surface area (Å²) in [6.45, 7) is 4.45. The van der Waals surface area contributed by atoms with Gasteiger partial charge in [0.1, 0.15) is 0 Å². The molecule has 0 aromatic rings. The third kappa shape index (κ3) is 2.21. The molecule has 0 amide bonds. The predicted octanol–water partition coefficient (Wildman–Crippen LogP) is 1.94. The summed E-state index contributed by atoms with van der Waals surface area (Å²) in [6, 6.07) is 0.523. The molecule has 0 saturated carbocycles. The molecule has 2 heteroatoms. The summed E-state index contributed by atoms with van der Waals surface area (Å²) in [5.41, 5.74) is 5.64. The van der Waals surface area contributed by atoms with Crippen molar-refractivity contribution in [3.05, 3.63) is 0 Å². The van der Waals surface area contributed by atoms with Crippen LogP contribution in [0.3, 0.4) is 0 Å². The van der Waals surface area contributed by atoms with Gasteiger partial charge in [-0.3, -0.25) is 4.99 Å². The summed E-state index contributed by atoms with van der Waals surface area (Å²) in [6.07, 6.45) is 4.77. The number of aliphatic imine (C=N–C) groups is 1. The standard InChI is InChI=1S/C9H18N2/c1-3-4-5-8-7(2)6-9(10)11-8/h7-8H,3-6H2,1-2H3,(H2,10,11)/t7-,8+/m1/s1. The summed E-state index contributed by atoms with van der Waals surface area (Å²) in [5, 5.41) is 0. The molecule has 0 unspecified atom stereocenters. The third-order valence-corrected chi connectivity index (χ3v) is 2.37. The molecule has 1 aliphatic heterocycles. The molecule has 0 radical (unpaired) electrons. The second kappa shape index (κ2) is 3.74. The highest BCUT2D eigenvalue weighted by Gasteiger charge is 2.22. The van der Waals surface area contributed by atoms with E-state index in [9.17, 15) is 0 Å². The Bertz CT molecular complexity index is 152. The van der Waals surface area contributed by atoms with Crippen molar-refractivity contribution in [3.63, 3.8) is 0 Å². The molecule has 0 aliphatic carbocycles. The van der Waals surface area contributed by atoms with Crippen molar-refractivity contribution in [1.29, 1.82) is 0 Å². The van der Waals surface area contributed by atoms with E-state index < -0.39 is 0 Å². The molecule has 64 valence electrons. The number of rotatable bonds is 3. The lowest BCUT2D eigenvalue weighted by Gasteiger charge is -2.11. The van der Waals surface area contributed by atoms with Gasteiger partial charge in [-0.1, -0.05) is 26.7 Å². The smallest absolute Gasteiger partial charge is 0.0944 e. The third-order valence-electron chi connectivity index (χ3n) is 2.37. The lowest BCUT2D eigenvalue weighted by atomic mass is 9.97. The Labute approximate surface area is 68.9 Å². The second-order valence-electron chi connectivity index (χ2n) is 3.51. The Balaban J connectivity index is 2.33. The normalized spacial score (nSPS) is 30.5. The van der Waals surface area contributed by atoms with E-state index in [0.29, 0.717) is 12.0 Å². The molecule has 0 fully saturated rings. The van der Waals surface area contributed by atoms with Crippen molar-refractivity contribution >= 4 is 5.84 Å². The molecule has 2 nitrogen and oxygen atoms in total. The van der Waals surface area contributed by atoms with Crippen LogP contribution in [0.5, 0.6) is 0 Å². The van der Waals surface area contributed by atoms with Crippen molar-refractivity contribution in [3.8, 4) is 0 Å². The van der Waals surface area contributed by atoms with Crippen LogP contribution >= 0.6 is 0 Å². The van der Waals surface area contributed by atoms with Gasteiger partial charge in [0.2, 0.25) is 0 Å². The Kier molecular flexibility index (Phi) is 2.92. The van der Waals surface area contributed by atoms with Crippen molar-refractivity contribution in [2.45, 2.75) is 45.6 Å². The zero-order chi connectivity index (χ0) is 8.27. The molecule has 1 rings (SSSR count). The van der Waals surface area contributed by atoms with Crippen molar-refractivity contribution in [2.24, 2.45) is 16.6 Å². The van der Waals surface area contributed by atoms with E-state index in [2.05, 4.69) is 18.8 Å².